The number of hydrogen-bond acceptors (Lipinski definition) is 3. The first-order chi connectivity index (χ1) is 11.5. The predicted molar refractivity (Wildman–Crippen MR) is 98.1 cm³/mol. The van der Waals surface area contributed by atoms with Crippen LogP contribution in [-0.2, 0) is 16.1 Å². The Balaban J connectivity index is 2.24. The third-order valence-electron chi connectivity index (χ3n) is 4.26. The summed E-state index contributed by atoms with van der Waals surface area (Å²) in [5.41, 5.74) is 2.93. The van der Waals surface area contributed by atoms with Gasteiger partial charge in [-0.25, -0.2) is 0 Å². The van der Waals surface area contributed by atoms with Crippen molar-refractivity contribution in [3.05, 3.63) is 23.8 Å². The van der Waals surface area contributed by atoms with Gasteiger partial charge in [-0.3, -0.25) is 9.59 Å². The van der Waals surface area contributed by atoms with Crippen LogP contribution in [0.2, 0.25) is 0 Å². The van der Waals surface area contributed by atoms with Gasteiger partial charge in [-0.1, -0.05) is 13.8 Å². The van der Waals surface area contributed by atoms with E-state index in [2.05, 4.69) is 12.2 Å². The molecule has 1 aliphatic rings. The monoisotopic (exact) mass is 331 g/mol. The zero-order chi connectivity index (χ0) is 17.7. The van der Waals surface area contributed by atoms with Gasteiger partial charge in [0.2, 0.25) is 11.8 Å². The Morgan fingerprint density at radius 3 is 2.46 bits per heavy atom. The lowest BCUT2D eigenvalue weighted by atomic mass is 10.1. The van der Waals surface area contributed by atoms with Crippen molar-refractivity contribution in [1.82, 2.24) is 4.90 Å². The minimum atomic E-state index is -0.00183. The molecule has 1 N–H and O–H groups in total. The lowest BCUT2D eigenvalue weighted by molar-refractivity contribution is -0.133. The molecule has 1 fully saturated rings. The molecular formula is C19H29N3O2. The molecule has 0 heterocycles. The topological polar surface area (TPSA) is 52.7 Å². The van der Waals surface area contributed by atoms with E-state index in [9.17, 15) is 9.59 Å². The van der Waals surface area contributed by atoms with E-state index >= 15 is 0 Å². The molecular weight excluding hydrogens is 302 g/mol. The minimum absolute atomic E-state index is 0.00183. The summed E-state index contributed by atoms with van der Waals surface area (Å²) in [7, 11) is 3.99. The molecule has 1 aromatic rings. The average molecular weight is 331 g/mol. The summed E-state index contributed by atoms with van der Waals surface area (Å²) in [6.07, 6.45) is 3.44. The summed E-state index contributed by atoms with van der Waals surface area (Å²) in [6, 6.07) is 5.91. The Hall–Kier alpha value is -2.04. The molecule has 2 amide bonds. The summed E-state index contributed by atoms with van der Waals surface area (Å²) in [5, 5.41) is 2.91. The second-order valence-corrected chi connectivity index (χ2v) is 6.67. The first-order valence-corrected chi connectivity index (χ1v) is 8.85. The van der Waals surface area contributed by atoms with Crippen molar-refractivity contribution in [3.8, 4) is 0 Å². The maximum Gasteiger partial charge on any atom is 0.225 e. The van der Waals surface area contributed by atoms with Crippen molar-refractivity contribution < 1.29 is 9.59 Å². The highest BCUT2D eigenvalue weighted by Crippen LogP contribution is 2.32. The smallest absolute Gasteiger partial charge is 0.225 e. The number of rotatable bonds is 8. The minimum Gasteiger partial charge on any atom is -0.377 e. The zero-order valence-corrected chi connectivity index (χ0v) is 15.3. The van der Waals surface area contributed by atoms with Gasteiger partial charge < -0.3 is 15.1 Å². The highest BCUT2D eigenvalue weighted by molar-refractivity contribution is 5.91. The van der Waals surface area contributed by atoms with Gasteiger partial charge >= 0.3 is 0 Å². The van der Waals surface area contributed by atoms with Crippen molar-refractivity contribution in [1.29, 1.82) is 0 Å². The number of hydrogen-bond donors (Lipinski definition) is 1. The van der Waals surface area contributed by atoms with E-state index in [4.69, 9.17) is 0 Å². The van der Waals surface area contributed by atoms with Crippen LogP contribution in [0.1, 0.15) is 45.1 Å². The highest BCUT2D eigenvalue weighted by atomic mass is 16.2. The van der Waals surface area contributed by atoms with E-state index in [1.165, 1.54) is 0 Å². The first-order valence-electron chi connectivity index (χ1n) is 8.85. The number of benzene rings is 1. The van der Waals surface area contributed by atoms with Crippen LogP contribution in [0, 0.1) is 5.92 Å². The number of carbonyl (C=O) groups is 2. The summed E-state index contributed by atoms with van der Waals surface area (Å²) in [5.74, 6) is 0.491. The second kappa shape index (κ2) is 8.18. The Labute approximate surface area is 145 Å². The molecule has 5 nitrogen and oxygen atoms in total. The Kier molecular flexibility index (Phi) is 6.23. The molecule has 0 unspecified atom stereocenters. The van der Waals surface area contributed by atoms with E-state index in [-0.39, 0.29) is 17.7 Å². The van der Waals surface area contributed by atoms with E-state index in [1.807, 2.05) is 49.0 Å². The molecule has 0 radical (unpaired) electrons. The summed E-state index contributed by atoms with van der Waals surface area (Å²) >= 11 is 0. The summed E-state index contributed by atoms with van der Waals surface area (Å²) in [4.78, 5) is 28.2. The van der Waals surface area contributed by atoms with Crippen LogP contribution < -0.4 is 10.2 Å². The number of carbonyl (C=O) groups excluding carboxylic acids is 2. The maximum absolute atomic E-state index is 12.5. The quantitative estimate of drug-likeness (QED) is 0.795. The van der Waals surface area contributed by atoms with Crippen LogP contribution in [0.4, 0.5) is 11.4 Å². The van der Waals surface area contributed by atoms with Gasteiger partial charge in [-0.2, -0.15) is 0 Å². The van der Waals surface area contributed by atoms with Gasteiger partial charge in [0.1, 0.15) is 0 Å². The van der Waals surface area contributed by atoms with Gasteiger partial charge in [0.15, 0.2) is 0 Å². The van der Waals surface area contributed by atoms with Crippen molar-refractivity contribution in [2.24, 2.45) is 5.92 Å². The Morgan fingerprint density at radius 2 is 1.92 bits per heavy atom. The fraction of sp³-hybridized carbons (Fsp3) is 0.579. The molecule has 5 heteroatoms. The highest BCUT2D eigenvalue weighted by Gasteiger charge is 2.33. The largest absolute Gasteiger partial charge is 0.377 e. The number of anilines is 2. The van der Waals surface area contributed by atoms with Crippen LogP contribution in [0.5, 0.6) is 0 Å². The van der Waals surface area contributed by atoms with Crippen LogP contribution in [0.25, 0.3) is 0 Å². The fourth-order valence-corrected chi connectivity index (χ4v) is 2.81. The molecule has 1 aromatic carbocycles. The molecule has 0 aliphatic heterocycles. The maximum atomic E-state index is 12.5. The summed E-state index contributed by atoms with van der Waals surface area (Å²) in [6.45, 7) is 5.29. The van der Waals surface area contributed by atoms with Gasteiger partial charge in [0.05, 0.1) is 0 Å². The zero-order valence-electron chi connectivity index (χ0n) is 15.3. The molecule has 24 heavy (non-hydrogen) atoms. The molecule has 132 valence electrons. The van der Waals surface area contributed by atoms with Crippen LogP contribution in [0.3, 0.4) is 0 Å². The number of nitrogens with one attached hydrogen (secondary N) is 1. The van der Waals surface area contributed by atoms with Gasteiger partial charge in [0.25, 0.3) is 0 Å². The average Bonchev–Trinajstić information content (AvgIpc) is 3.38. The standard InChI is InChI=1S/C19H29N3O2/c1-5-11-22(19(24)14-7-8-14)13-15-12-16(20-18(23)6-2)9-10-17(15)21(3)4/h9-10,12,14H,5-8,11,13H2,1-4H3,(H,20,23). The first kappa shape index (κ1) is 18.3. The Morgan fingerprint density at radius 1 is 1.21 bits per heavy atom. The molecule has 0 bridgehead atoms. The molecule has 0 aromatic heterocycles. The third kappa shape index (κ3) is 4.73. The molecule has 0 atom stereocenters. The van der Waals surface area contributed by atoms with E-state index in [1.54, 1.807) is 0 Å². The lowest BCUT2D eigenvalue weighted by Crippen LogP contribution is -2.33. The van der Waals surface area contributed by atoms with Crippen molar-refractivity contribution >= 4 is 23.2 Å². The van der Waals surface area contributed by atoms with Crippen molar-refractivity contribution in [2.75, 3.05) is 30.9 Å². The molecule has 1 saturated carbocycles. The van der Waals surface area contributed by atoms with Gasteiger partial charge in [0, 0.05) is 50.9 Å². The Bertz CT molecular complexity index is 594. The van der Waals surface area contributed by atoms with Crippen molar-refractivity contribution in [2.45, 2.75) is 46.1 Å². The van der Waals surface area contributed by atoms with Gasteiger partial charge in [-0.15, -0.1) is 0 Å². The van der Waals surface area contributed by atoms with E-state index in [0.717, 1.165) is 42.7 Å². The normalized spacial score (nSPS) is 13.5. The lowest BCUT2D eigenvalue weighted by Gasteiger charge is -2.26. The number of nitrogens with zero attached hydrogens (tertiary/aromatic N) is 2. The van der Waals surface area contributed by atoms with E-state index in [0.29, 0.717) is 13.0 Å². The molecule has 0 spiro atoms. The SMILES string of the molecule is CCCN(Cc1cc(NC(=O)CC)ccc1N(C)C)C(=O)C1CC1. The second-order valence-electron chi connectivity index (χ2n) is 6.67. The van der Waals surface area contributed by atoms with Crippen molar-refractivity contribution in [3.63, 3.8) is 0 Å². The third-order valence-corrected chi connectivity index (χ3v) is 4.26. The molecule has 1 aliphatic carbocycles. The summed E-state index contributed by atoms with van der Waals surface area (Å²) < 4.78 is 0. The van der Waals surface area contributed by atoms with Gasteiger partial charge in [-0.05, 0) is 43.0 Å². The van der Waals surface area contributed by atoms with E-state index < -0.39 is 0 Å². The molecule has 2 rings (SSSR count). The fourth-order valence-electron chi connectivity index (χ4n) is 2.81. The van der Waals surface area contributed by atoms with Crippen LogP contribution in [0.15, 0.2) is 18.2 Å². The van der Waals surface area contributed by atoms with Crippen LogP contribution in [-0.4, -0.2) is 37.4 Å². The number of amides is 2. The van der Waals surface area contributed by atoms with Crippen LogP contribution >= 0.6 is 0 Å². The molecule has 0 saturated heterocycles. The predicted octanol–water partition coefficient (Wildman–Crippen LogP) is 3.25.